The van der Waals surface area contributed by atoms with Crippen molar-refractivity contribution in [2.75, 3.05) is 31.9 Å². The van der Waals surface area contributed by atoms with Gasteiger partial charge in [-0.25, -0.2) is 13.2 Å². The molecule has 232 valence electrons. The molecule has 6 rings (SSSR count). The third-order valence-corrected chi connectivity index (χ3v) is 11.6. The van der Waals surface area contributed by atoms with Crippen molar-refractivity contribution < 1.29 is 28.2 Å². The Balaban J connectivity index is 1.11. The maximum absolute atomic E-state index is 13.0. The molecule has 10 heteroatoms. The summed E-state index contributed by atoms with van der Waals surface area (Å²) >= 11 is 6.31. The molecule has 8 nitrogen and oxygen atoms in total. The fourth-order valence-corrected chi connectivity index (χ4v) is 8.48. The number of fused-ring (bicyclic) bond motifs is 1. The quantitative estimate of drug-likeness (QED) is 0.374. The van der Waals surface area contributed by atoms with Crippen LogP contribution in [0, 0.1) is 5.41 Å². The SMILES string of the molecule is CC1(C(=O)O)C=CC(S(=O)(=O)CC=CN2CC(c3ccc4c(c3)C(Cc3cccc(Cl)c3)C(N3CCC3)C4)C2)=C(C(=O)O)C1. The summed E-state index contributed by atoms with van der Waals surface area (Å²) in [5.41, 5.74) is 3.56. The van der Waals surface area contributed by atoms with Gasteiger partial charge >= 0.3 is 11.9 Å². The molecule has 0 spiro atoms. The van der Waals surface area contributed by atoms with Crippen LogP contribution in [0.1, 0.15) is 53.9 Å². The lowest BCUT2D eigenvalue weighted by Gasteiger charge is -2.40. The first-order chi connectivity index (χ1) is 20.9. The van der Waals surface area contributed by atoms with Crippen molar-refractivity contribution in [3.8, 4) is 0 Å². The Morgan fingerprint density at radius 3 is 2.55 bits per heavy atom. The number of benzene rings is 2. The predicted molar refractivity (Wildman–Crippen MR) is 169 cm³/mol. The van der Waals surface area contributed by atoms with Crippen LogP contribution in [0.5, 0.6) is 0 Å². The fourth-order valence-electron chi connectivity index (χ4n) is 6.94. The number of hydrogen-bond donors (Lipinski definition) is 2. The zero-order chi connectivity index (χ0) is 31.2. The van der Waals surface area contributed by atoms with Crippen LogP contribution in [0.4, 0.5) is 0 Å². The molecule has 2 heterocycles. The normalized spacial score (nSPS) is 25.6. The molecule has 2 N–H and O–H groups in total. The number of carboxylic acids is 2. The first kappa shape index (κ1) is 30.6. The third kappa shape index (κ3) is 5.97. The van der Waals surface area contributed by atoms with Crippen molar-refractivity contribution in [2.45, 2.75) is 50.5 Å². The average Bonchev–Trinajstić information content (AvgIpc) is 3.25. The molecule has 2 saturated heterocycles. The predicted octanol–water partition coefficient (Wildman–Crippen LogP) is 5.01. The number of hydrogen-bond acceptors (Lipinski definition) is 6. The van der Waals surface area contributed by atoms with Crippen molar-refractivity contribution in [3.63, 3.8) is 0 Å². The first-order valence-electron chi connectivity index (χ1n) is 15.1. The third-order valence-electron chi connectivity index (χ3n) is 9.71. The zero-order valence-corrected chi connectivity index (χ0v) is 26.2. The molecule has 0 amide bonds. The van der Waals surface area contributed by atoms with E-state index in [1.54, 1.807) is 6.20 Å². The smallest absolute Gasteiger partial charge is 0.332 e. The van der Waals surface area contributed by atoms with Gasteiger partial charge in [0.1, 0.15) is 0 Å². The highest BCUT2D eigenvalue weighted by molar-refractivity contribution is 7.95. The van der Waals surface area contributed by atoms with E-state index in [2.05, 4.69) is 40.1 Å². The van der Waals surface area contributed by atoms with Gasteiger partial charge in [0.2, 0.25) is 0 Å². The zero-order valence-electron chi connectivity index (χ0n) is 24.7. The monoisotopic (exact) mass is 636 g/mol. The van der Waals surface area contributed by atoms with Gasteiger partial charge < -0.3 is 15.1 Å². The van der Waals surface area contributed by atoms with Gasteiger partial charge in [-0.1, -0.05) is 54.1 Å². The molecule has 0 bridgehead atoms. The Kier molecular flexibility index (Phi) is 8.24. The summed E-state index contributed by atoms with van der Waals surface area (Å²) in [5.74, 6) is -2.23. The summed E-state index contributed by atoms with van der Waals surface area (Å²) in [5, 5.41) is 19.8. The molecule has 3 unspecified atom stereocenters. The van der Waals surface area contributed by atoms with E-state index in [0.717, 1.165) is 50.1 Å². The highest BCUT2D eigenvalue weighted by atomic mass is 35.5. The number of carbonyl (C=O) groups is 2. The topological polar surface area (TPSA) is 115 Å². The van der Waals surface area contributed by atoms with Gasteiger partial charge in [0.25, 0.3) is 0 Å². The molecule has 2 aromatic carbocycles. The minimum Gasteiger partial charge on any atom is -0.481 e. The van der Waals surface area contributed by atoms with E-state index in [1.165, 1.54) is 47.8 Å². The second-order valence-electron chi connectivity index (χ2n) is 12.8. The number of allylic oxidation sites excluding steroid dienone is 1. The summed E-state index contributed by atoms with van der Waals surface area (Å²) in [6, 6.07) is 15.6. The van der Waals surface area contributed by atoms with Crippen LogP contribution >= 0.6 is 11.6 Å². The second kappa shape index (κ2) is 11.8. The minimum absolute atomic E-state index is 0.322. The minimum atomic E-state index is -3.96. The van der Waals surface area contributed by atoms with E-state index in [0.29, 0.717) is 17.9 Å². The summed E-state index contributed by atoms with van der Waals surface area (Å²) in [4.78, 5) is 27.8. The Bertz CT molecular complexity index is 1690. The first-order valence-corrected chi connectivity index (χ1v) is 17.1. The summed E-state index contributed by atoms with van der Waals surface area (Å²) < 4.78 is 26.1. The van der Waals surface area contributed by atoms with E-state index in [9.17, 15) is 28.2 Å². The van der Waals surface area contributed by atoms with Gasteiger partial charge in [-0.05, 0) is 85.9 Å². The highest BCUT2D eigenvalue weighted by Crippen LogP contribution is 2.42. The summed E-state index contributed by atoms with van der Waals surface area (Å²) in [6.07, 6.45) is 8.59. The van der Waals surface area contributed by atoms with Gasteiger partial charge in [-0.3, -0.25) is 9.69 Å². The maximum Gasteiger partial charge on any atom is 0.332 e. The van der Waals surface area contributed by atoms with Crippen molar-refractivity contribution in [2.24, 2.45) is 5.41 Å². The molecule has 4 aliphatic rings. The Hall–Kier alpha value is -3.40. The van der Waals surface area contributed by atoms with E-state index in [1.807, 2.05) is 12.1 Å². The number of carboxylic acid groups (broad SMARTS) is 2. The van der Waals surface area contributed by atoms with Crippen LogP contribution in [0.15, 0.2) is 77.4 Å². The van der Waals surface area contributed by atoms with E-state index >= 15 is 0 Å². The van der Waals surface area contributed by atoms with Crippen LogP contribution in [0.25, 0.3) is 0 Å². The van der Waals surface area contributed by atoms with Gasteiger partial charge in [0.05, 0.1) is 21.6 Å². The molecular formula is C34H37ClN2O6S. The van der Waals surface area contributed by atoms with Crippen LogP contribution < -0.4 is 0 Å². The number of halogens is 1. The number of likely N-dealkylation sites (tertiary alicyclic amines) is 2. The number of sulfone groups is 1. The summed E-state index contributed by atoms with van der Waals surface area (Å²) in [6.45, 7) is 5.23. The van der Waals surface area contributed by atoms with Crippen molar-refractivity contribution in [1.29, 1.82) is 0 Å². The number of aliphatic carboxylic acids is 2. The molecule has 3 atom stereocenters. The second-order valence-corrected chi connectivity index (χ2v) is 15.2. The molecular weight excluding hydrogens is 600 g/mol. The lowest BCUT2D eigenvalue weighted by Crippen LogP contribution is -2.47. The van der Waals surface area contributed by atoms with E-state index < -0.39 is 32.8 Å². The van der Waals surface area contributed by atoms with Crippen LogP contribution in [-0.2, 0) is 32.3 Å². The van der Waals surface area contributed by atoms with Crippen LogP contribution in [-0.4, -0.2) is 78.3 Å². The van der Waals surface area contributed by atoms with Gasteiger partial charge in [-0.15, -0.1) is 0 Å². The van der Waals surface area contributed by atoms with Gasteiger partial charge in [0, 0.05) is 42.4 Å². The van der Waals surface area contributed by atoms with Crippen molar-refractivity contribution in [3.05, 3.63) is 105 Å². The molecule has 2 aliphatic carbocycles. The van der Waals surface area contributed by atoms with Crippen LogP contribution in [0.2, 0.25) is 5.02 Å². The van der Waals surface area contributed by atoms with Crippen molar-refractivity contribution >= 4 is 33.4 Å². The highest BCUT2D eigenvalue weighted by Gasteiger charge is 2.40. The lowest BCUT2D eigenvalue weighted by atomic mass is 9.80. The standard InChI is InChI=1S/C34H37ClN2O6S/c1-34(33(40)41)10-9-31(29(19-34)32(38)39)44(42,43)14-4-11-36-20-25(21-36)23-7-8-24-18-30(37-12-3-13-37)28(27(24)17-23)16-22-5-2-6-26(35)15-22/h2,4-11,15,17,25,28,30H,3,12-14,16,18-21H2,1H3,(H,38,39)(H,40,41). The molecule has 2 aromatic rings. The van der Waals surface area contributed by atoms with Crippen molar-refractivity contribution in [1.82, 2.24) is 9.80 Å². The largest absolute Gasteiger partial charge is 0.481 e. The molecule has 0 radical (unpaired) electrons. The number of rotatable bonds is 10. The van der Waals surface area contributed by atoms with E-state index in [-0.39, 0.29) is 17.1 Å². The molecule has 0 aromatic heterocycles. The molecule has 0 saturated carbocycles. The average molecular weight is 637 g/mol. The lowest BCUT2D eigenvalue weighted by molar-refractivity contribution is -0.145. The Morgan fingerprint density at radius 1 is 1.11 bits per heavy atom. The molecule has 2 fully saturated rings. The van der Waals surface area contributed by atoms with Gasteiger partial charge in [-0.2, -0.15) is 0 Å². The van der Waals surface area contributed by atoms with Gasteiger partial charge in [0.15, 0.2) is 9.84 Å². The van der Waals surface area contributed by atoms with Crippen LogP contribution in [0.3, 0.4) is 0 Å². The molecule has 44 heavy (non-hydrogen) atoms. The Labute approximate surface area is 263 Å². The number of nitrogens with zero attached hydrogens (tertiary/aromatic N) is 2. The fraction of sp³-hybridized carbons (Fsp3) is 0.412. The maximum atomic E-state index is 13.0. The molecule has 2 aliphatic heterocycles. The Morgan fingerprint density at radius 2 is 1.89 bits per heavy atom. The summed E-state index contributed by atoms with van der Waals surface area (Å²) in [7, 11) is -3.96. The van der Waals surface area contributed by atoms with E-state index in [4.69, 9.17) is 11.6 Å².